The highest BCUT2D eigenvalue weighted by Crippen LogP contribution is 2.14. The Hall–Kier alpha value is -1.06. The van der Waals surface area contributed by atoms with E-state index in [0.717, 1.165) is 31.7 Å². The van der Waals surface area contributed by atoms with E-state index in [1.165, 1.54) is 0 Å². The third-order valence-corrected chi connectivity index (χ3v) is 2.15. The summed E-state index contributed by atoms with van der Waals surface area (Å²) in [5, 5.41) is 12.7. The molecule has 15 heavy (non-hydrogen) atoms. The first-order chi connectivity index (χ1) is 7.34. The normalized spacial score (nSPS) is 10.5. The molecule has 0 bridgehead atoms. The van der Waals surface area contributed by atoms with E-state index in [0.29, 0.717) is 12.3 Å². The van der Waals surface area contributed by atoms with Crippen LogP contribution >= 0.6 is 0 Å². The van der Waals surface area contributed by atoms with E-state index >= 15 is 0 Å². The van der Waals surface area contributed by atoms with Crippen molar-refractivity contribution in [3.63, 3.8) is 0 Å². The lowest BCUT2D eigenvalue weighted by Crippen LogP contribution is -2.16. The van der Waals surface area contributed by atoms with Gasteiger partial charge in [-0.2, -0.15) is 0 Å². The van der Waals surface area contributed by atoms with Crippen LogP contribution in [0.1, 0.15) is 18.9 Å². The van der Waals surface area contributed by atoms with Crippen molar-refractivity contribution in [2.45, 2.75) is 19.9 Å². The number of phenols is 1. The van der Waals surface area contributed by atoms with Crippen LogP contribution in [-0.2, 0) is 11.3 Å². The molecule has 0 spiro atoms. The Morgan fingerprint density at radius 3 is 2.87 bits per heavy atom. The summed E-state index contributed by atoms with van der Waals surface area (Å²) < 4.78 is 5.22. The van der Waals surface area contributed by atoms with Gasteiger partial charge < -0.3 is 15.2 Å². The molecule has 0 heterocycles. The number of hydrogen-bond donors (Lipinski definition) is 2. The Labute approximate surface area is 91.1 Å². The van der Waals surface area contributed by atoms with Gasteiger partial charge in [-0.15, -0.1) is 0 Å². The third kappa shape index (κ3) is 4.81. The molecule has 0 saturated heterocycles. The average molecular weight is 209 g/mol. The molecule has 0 atom stereocenters. The van der Waals surface area contributed by atoms with E-state index in [1.54, 1.807) is 6.07 Å². The molecule has 0 amide bonds. The molecule has 0 aliphatic heterocycles. The molecule has 0 aliphatic carbocycles. The summed E-state index contributed by atoms with van der Waals surface area (Å²) in [6.07, 6.45) is 1.00. The van der Waals surface area contributed by atoms with Gasteiger partial charge in [-0.05, 0) is 26.0 Å². The third-order valence-electron chi connectivity index (χ3n) is 2.15. The minimum Gasteiger partial charge on any atom is -0.508 e. The molecule has 0 fully saturated rings. The van der Waals surface area contributed by atoms with Crippen molar-refractivity contribution in [1.29, 1.82) is 0 Å². The van der Waals surface area contributed by atoms with Crippen molar-refractivity contribution in [2.24, 2.45) is 0 Å². The second-order valence-electron chi connectivity index (χ2n) is 3.36. The van der Waals surface area contributed by atoms with Gasteiger partial charge in [-0.1, -0.05) is 18.2 Å². The Kier molecular flexibility index (Phi) is 5.81. The van der Waals surface area contributed by atoms with Crippen LogP contribution in [0.4, 0.5) is 0 Å². The van der Waals surface area contributed by atoms with Gasteiger partial charge in [0.1, 0.15) is 5.75 Å². The van der Waals surface area contributed by atoms with E-state index in [1.807, 2.05) is 25.1 Å². The summed E-state index contributed by atoms with van der Waals surface area (Å²) in [6, 6.07) is 7.38. The van der Waals surface area contributed by atoms with Crippen LogP contribution in [0.3, 0.4) is 0 Å². The second-order valence-corrected chi connectivity index (χ2v) is 3.36. The van der Waals surface area contributed by atoms with Crippen molar-refractivity contribution in [3.05, 3.63) is 29.8 Å². The molecule has 1 rings (SSSR count). The molecule has 0 aliphatic rings. The largest absolute Gasteiger partial charge is 0.508 e. The van der Waals surface area contributed by atoms with Crippen LogP contribution in [0.25, 0.3) is 0 Å². The van der Waals surface area contributed by atoms with Gasteiger partial charge in [0.05, 0.1) is 0 Å². The molecule has 3 nitrogen and oxygen atoms in total. The molecule has 2 N–H and O–H groups in total. The smallest absolute Gasteiger partial charge is 0.120 e. The van der Waals surface area contributed by atoms with Crippen LogP contribution in [0.15, 0.2) is 24.3 Å². The maximum Gasteiger partial charge on any atom is 0.120 e. The molecule has 3 heteroatoms. The highest BCUT2D eigenvalue weighted by Gasteiger charge is 1.97. The van der Waals surface area contributed by atoms with Crippen LogP contribution in [0, 0.1) is 0 Å². The van der Waals surface area contributed by atoms with E-state index in [9.17, 15) is 5.11 Å². The van der Waals surface area contributed by atoms with Crippen molar-refractivity contribution in [1.82, 2.24) is 5.32 Å². The number of rotatable bonds is 7. The zero-order chi connectivity index (χ0) is 10.9. The molecular weight excluding hydrogens is 190 g/mol. The lowest BCUT2D eigenvalue weighted by molar-refractivity contribution is 0.144. The zero-order valence-corrected chi connectivity index (χ0v) is 9.20. The number of aromatic hydroxyl groups is 1. The standard InChI is InChI=1S/C12H19NO2/c1-2-15-9-5-8-13-10-11-6-3-4-7-12(11)14/h3-4,6-7,13-14H,2,5,8-10H2,1H3. The predicted octanol–water partition coefficient (Wildman–Crippen LogP) is 1.91. The monoisotopic (exact) mass is 209 g/mol. The fourth-order valence-corrected chi connectivity index (χ4v) is 1.33. The minimum atomic E-state index is 0.356. The first-order valence-electron chi connectivity index (χ1n) is 5.40. The van der Waals surface area contributed by atoms with Gasteiger partial charge in [0.25, 0.3) is 0 Å². The Bertz CT molecular complexity index is 276. The topological polar surface area (TPSA) is 41.5 Å². The summed E-state index contributed by atoms with van der Waals surface area (Å²) in [6.45, 7) is 5.19. The molecule has 0 unspecified atom stereocenters. The second kappa shape index (κ2) is 7.26. The Morgan fingerprint density at radius 1 is 1.33 bits per heavy atom. The van der Waals surface area contributed by atoms with Gasteiger partial charge in [0, 0.05) is 25.3 Å². The fourth-order valence-electron chi connectivity index (χ4n) is 1.33. The summed E-state index contributed by atoms with van der Waals surface area (Å²) in [4.78, 5) is 0. The molecular formula is C12H19NO2. The number of hydrogen-bond acceptors (Lipinski definition) is 3. The number of phenolic OH excluding ortho intramolecular Hbond substituents is 1. The van der Waals surface area contributed by atoms with Gasteiger partial charge in [0.15, 0.2) is 0 Å². The molecule has 1 aromatic carbocycles. The van der Waals surface area contributed by atoms with Crippen LogP contribution in [-0.4, -0.2) is 24.9 Å². The number of benzene rings is 1. The van der Waals surface area contributed by atoms with E-state index in [2.05, 4.69) is 5.32 Å². The van der Waals surface area contributed by atoms with Gasteiger partial charge >= 0.3 is 0 Å². The van der Waals surface area contributed by atoms with Crippen LogP contribution in [0.2, 0.25) is 0 Å². The lowest BCUT2D eigenvalue weighted by Gasteiger charge is -2.06. The maximum absolute atomic E-state index is 9.49. The predicted molar refractivity (Wildman–Crippen MR) is 60.9 cm³/mol. The molecule has 1 aromatic rings. The van der Waals surface area contributed by atoms with Gasteiger partial charge in [0.2, 0.25) is 0 Å². The van der Waals surface area contributed by atoms with Crippen LogP contribution in [0.5, 0.6) is 5.75 Å². The number of nitrogens with one attached hydrogen (secondary N) is 1. The van der Waals surface area contributed by atoms with Gasteiger partial charge in [-0.25, -0.2) is 0 Å². The molecule has 0 aromatic heterocycles. The quantitative estimate of drug-likeness (QED) is 0.674. The van der Waals surface area contributed by atoms with E-state index in [4.69, 9.17) is 4.74 Å². The van der Waals surface area contributed by atoms with Crippen molar-refractivity contribution in [3.8, 4) is 5.75 Å². The molecule has 0 radical (unpaired) electrons. The highest BCUT2D eigenvalue weighted by molar-refractivity contribution is 5.31. The number of ether oxygens (including phenoxy) is 1. The van der Waals surface area contributed by atoms with Gasteiger partial charge in [-0.3, -0.25) is 0 Å². The van der Waals surface area contributed by atoms with Crippen molar-refractivity contribution >= 4 is 0 Å². The summed E-state index contributed by atoms with van der Waals surface area (Å²) in [7, 11) is 0. The van der Waals surface area contributed by atoms with E-state index < -0.39 is 0 Å². The van der Waals surface area contributed by atoms with Crippen LogP contribution < -0.4 is 5.32 Å². The fraction of sp³-hybridized carbons (Fsp3) is 0.500. The van der Waals surface area contributed by atoms with Crippen molar-refractivity contribution in [2.75, 3.05) is 19.8 Å². The molecule has 84 valence electrons. The van der Waals surface area contributed by atoms with Crippen molar-refractivity contribution < 1.29 is 9.84 Å². The first kappa shape index (κ1) is 12.0. The minimum absolute atomic E-state index is 0.356. The number of para-hydroxylation sites is 1. The lowest BCUT2D eigenvalue weighted by atomic mass is 10.2. The Balaban J connectivity index is 2.12. The van der Waals surface area contributed by atoms with E-state index in [-0.39, 0.29) is 0 Å². The SMILES string of the molecule is CCOCCCNCc1ccccc1O. The Morgan fingerprint density at radius 2 is 2.13 bits per heavy atom. The maximum atomic E-state index is 9.49. The molecule has 0 saturated carbocycles. The summed E-state index contributed by atoms with van der Waals surface area (Å²) >= 11 is 0. The highest BCUT2D eigenvalue weighted by atomic mass is 16.5. The zero-order valence-electron chi connectivity index (χ0n) is 9.20. The summed E-state index contributed by atoms with van der Waals surface area (Å²) in [5.41, 5.74) is 0.939. The summed E-state index contributed by atoms with van der Waals surface area (Å²) in [5.74, 6) is 0.356. The first-order valence-corrected chi connectivity index (χ1v) is 5.40. The average Bonchev–Trinajstić information content (AvgIpc) is 2.25.